The summed E-state index contributed by atoms with van der Waals surface area (Å²) in [6.45, 7) is 0. The Bertz CT molecular complexity index is 1010. The highest BCUT2D eigenvalue weighted by atomic mass is 32.2. The Morgan fingerprint density at radius 2 is 1.48 bits per heavy atom. The fourth-order valence-electron chi connectivity index (χ4n) is 2.17. The van der Waals surface area contributed by atoms with Crippen molar-refractivity contribution in [1.82, 2.24) is 0 Å². The van der Waals surface area contributed by atoms with Crippen LogP contribution in [0.1, 0.15) is 5.56 Å². The van der Waals surface area contributed by atoms with Gasteiger partial charge >= 0.3 is 0 Å². The maximum Gasteiger partial charge on any atom is 0.261 e. The fraction of sp³-hybridized carbons (Fsp3) is 0. The normalized spacial score (nSPS) is 10.8. The first-order valence-corrected chi connectivity index (χ1v) is 9.73. The van der Waals surface area contributed by atoms with Gasteiger partial charge in [-0.3, -0.25) is 4.72 Å². The number of nitrogens with zero attached hydrogens (tertiary/aromatic N) is 1. The Kier molecular flexibility index (Phi) is 5.08. The van der Waals surface area contributed by atoms with E-state index in [2.05, 4.69) is 4.72 Å². The zero-order chi connectivity index (χ0) is 17.7. The molecule has 3 aromatic carbocycles. The molecule has 0 spiro atoms. The van der Waals surface area contributed by atoms with Gasteiger partial charge in [0.2, 0.25) is 0 Å². The van der Waals surface area contributed by atoms with Crippen LogP contribution in [-0.4, -0.2) is 8.42 Å². The van der Waals surface area contributed by atoms with Crippen molar-refractivity contribution in [3.63, 3.8) is 0 Å². The van der Waals surface area contributed by atoms with E-state index in [-0.39, 0.29) is 4.90 Å². The van der Waals surface area contributed by atoms with Crippen molar-refractivity contribution in [2.24, 2.45) is 0 Å². The number of hydrogen-bond acceptors (Lipinski definition) is 4. The Labute approximate surface area is 151 Å². The van der Waals surface area contributed by atoms with Gasteiger partial charge in [0, 0.05) is 9.79 Å². The highest BCUT2D eigenvalue weighted by molar-refractivity contribution is 7.99. The molecule has 0 aliphatic carbocycles. The summed E-state index contributed by atoms with van der Waals surface area (Å²) >= 11 is 1.49. The first-order valence-electron chi connectivity index (χ1n) is 7.43. The van der Waals surface area contributed by atoms with Crippen LogP contribution in [0.4, 0.5) is 5.69 Å². The molecule has 0 fully saturated rings. The number of rotatable bonds is 5. The van der Waals surface area contributed by atoms with Crippen LogP contribution in [0.2, 0.25) is 0 Å². The highest BCUT2D eigenvalue weighted by Crippen LogP contribution is 2.34. The molecule has 0 atom stereocenters. The molecule has 0 aliphatic heterocycles. The van der Waals surface area contributed by atoms with E-state index in [0.29, 0.717) is 11.3 Å². The molecule has 6 heteroatoms. The summed E-state index contributed by atoms with van der Waals surface area (Å²) in [6, 6.07) is 24.8. The van der Waals surface area contributed by atoms with Crippen molar-refractivity contribution in [2.75, 3.05) is 4.72 Å². The Morgan fingerprint density at radius 1 is 0.840 bits per heavy atom. The molecule has 3 aromatic rings. The number of nitriles is 1. The molecule has 0 aliphatic rings. The van der Waals surface area contributed by atoms with Crippen LogP contribution in [-0.2, 0) is 10.0 Å². The van der Waals surface area contributed by atoms with Gasteiger partial charge in [0.25, 0.3) is 10.0 Å². The SMILES string of the molecule is N#Cc1ccc(S(=O)(=O)Nc2ccccc2Sc2ccccc2)cc1. The third-order valence-electron chi connectivity index (χ3n) is 3.40. The van der Waals surface area contributed by atoms with E-state index < -0.39 is 10.0 Å². The van der Waals surface area contributed by atoms with Gasteiger partial charge in [-0.2, -0.15) is 5.26 Å². The maximum atomic E-state index is 12.6. The van der Waals surface area contributed by atoms with Gasteiger partial charge in [-0.25, -0.2) is 8.42 Å². The van der Waals surface area contributed by atoms with Crippen molar-refractivity contribution in [3.05, 3.63) is 84.4 Å². The molecule has 4 nitrogen and oxygen atoms in total. The molecular formula is C19H14N2O2S2. The molecule has 0 heterocycles. The molecule has 1 N–H and O–H groups in total. The molecular weight excluding hydrogens is 352 g/mol. The largest absolute Gasteiger partial charge is 0.278 e. The van der Waals surface area contributed by atoms with Crippen LogP contribution in [0, 0.1) is 11.3 Å². The Morgan fingerprint density at radius 3 is 2.16 bits per heavy atom. The van der Waals surface area contributed by atoms with Crippen molar-refractivity contribution in [3.8, 4) is 6.07 Å². The molecule has 0 saturated carbocycles. The topological polar surface area (TPSA) is 70.0 Å². The molecule has 0 unspecified atom stereocenters. The fourth-order valence-corrected chi connectivity index (χ4v) is 4.23. The molecule has 0 saturated heterocycles. The van der Waals surface area contributed by atoms with Crippen molar-refractivity contribution in [1.29, 1.82) is 5.26 Å². The highest BCUT2D eigenvalue weighted by Gasteiger charge is 2.16. The van der Waals surface area contributed by atoms with Crippen LogP contribution >= 0.6 is 11.8 Å². The monoisotopic (exact) mass is 366 g/mol. The number of anilines is 1. The van der Waals surface area contributed by atoms with E-state index in [1.165, 1.54) is 36.0 Å². The van der Waals surface area contributed by atoms with E-state index in [9.17, 15) is 8.42 Å². The van der Waals surface area contributed by atoms with Crippen molar-refractivity contribution >= 4 is 27.5 Å². The van der Waals surface area contributed by atoms with Crippen LogP contribution < -0.4 is 4.72 Å². The lowest BCUT2D eigenvalue weighted by molar-refractivity contribution is 0.601. The van der Waals surface area contributed by atoms with Gasteiger partial charge in [0.05, 0.1) is 22.2 Å². The minimum absolute atomic E-state index is 0.117. The van der Waals surface area contributed by atoms with Gasteiger partial charge in [0.15, 0.2) is 0 Å². The summed E-state index contributed by atoms with van der Waals surface area (Å²) in [7, 11) is -3.73. The number of benzene rings is 3. The summed E-state index contributed by atoms with van der Waals surface area (Å²) < 4.78 is 27.8. The maximum absolute atomic E-state index is 12.6. The predicted octanol–water partition coefficient (Wildman–Crippen LogP) is 4.51. The summed E-state index contributed by atoms with van der Waals surface area (Å²) in [5.74, 6) is 0. The number of nitrogens with one attached hydrogen (secondary N) is 1. The van der Waals surface area contributed by atoms with E-state index in [0.717, 1.165) is 9.79 Å². The molecule has 3 rings (SSSR count). The lowest BCUT2D eigenvalue weighted by Gasteiger charge is -2.12. The standard InChI is InChI=1S/C19H14N2O2S2/c20-14-15-10-12-17(13-11-15)25(22,23)21-18-8-4-5-9-19(18)24-16-6-2-1-3-7-16/h1-13,21H. The van der Waals surface area contributed by atoms with Gasteiger partial charge in [-0.05, 0) is 48.5 Å². The summed E-state index contributed by atoms with van der Waals surface area (Å²) in [4.78, 5) is 1.95. The first kappa shape index (κ1) is 17.1. The van der Waals surface area contributed by atoms with Gasteiger partial charge < -0.3 is 0 Å². The molecule has 0 aromatic heterocycles. The second-order valence-corrected chi connectivity index (χ2v) is 7.95. The van der Waals surface area contributed by atoms with Crippen molar-refractivity contribution < 1.29 is 8.42 Å². The van der Waals surface area contributed by atoms with Gasteiger partial charge in [-0.15, -0.1) is 0 Å². The quantitative estimate of drug-likeness (QED) is 0.721. The minimum atomic E-state index is -3.73. The van der Waals surface area contributed by atoms with E-state index in [1.54, 1.807) is 12.1 Å². The second-order valence-electron chi connectivity index (χ2n) is 5.15. The number of para-hydroxylation sites is 1. The molecule has 25 heavy (non-hydrogen) atoms. The second kappa shape index (κ2) is 7.43. The van der Waals surface area contributed by atoms with E-state index >= 15 is 0 Å². The van der Waals surface area contributed by atoms with Gasteiger partial charge in [0.1, 0.15) is 0 Å². The first-order chi connectivity index (χ1) is 12.1. The Balaban J connectivity index is 1.88. The molecule has 0 radical (unpaired) electrons. The summed E-state index contributed by atoms with van der Waals surface area (Å²) in [6.07, 6.45) is 0. The number of sulfonamides is 1. The minimum Gasteiger partial charge on any atom is -0.278 e. The lowest BCUT2D eigenvalue weighted by atomic mass is 10.2. The predicted molar refractivity (Wildman–Crippen MR) is 99.0 cm³/mol. The van der Waals surface area contributed by atoms with Crippen LogP contribution in [0.5, 0.6) is 0 Å². The average molecular weight is 366 g/mol. The van der Waals surface area contributed by atoms with E-state index in [1.807, 2.05) is 48.5 Å². The van der Waals surface area contributed by atoms with Crippen molar-refractivity contribution in [2.45, 2.75) is 14.7 Å². The Hall–Kier alpha value is -2.75. The van der Waals surface area contributed by atoms with E-state index in [4.69, 9.17) is 5.26 Å². The van der Waals surface area contributed by atoms with Crippen LogP contribution in [0.3, 0.4) is 0 Å². The van der Waals surface area contributed by atoms with Crippen LogP contribution in [0.25, 0.3) is 0 Å². The lowest BCUT2D eigenvalue weighted by Crippen LogP contribution is -2.13. The zero-order valence-corrected chi connectivity index (χ0v) is 14.7. The smallest absolute Gasteiger partial charge is 0.261 e. The number of hydrogen-bond donors (Lipinski definition) is 1. The summed E-state index contributed by atoms with van der Waals surface area (Å²) in [5.41, 5.74) is 0.930. The average Bonchev–Trinajstić information content (AvgIpc) is 2.64. The van der Waals surface area contributed by atoms with Gasteiger partial charge in [-0.1, -0.05) is 42.1 Å². The third-order valence-corrected chi connectivity index (χ3v) is 5.86. The molecule has 124 valence electrons. The summed E-state index contributed by atoms with van der Waals surface area (Å²) in [5, 5.41) is 8.83. The van der Waals surface area contributed by atoms with Crippen LogP contribution in [0.15, 0.2) is 93.5 Å². The molecule has 0 bridgehead atoms. The third kappa shape index (κ3) is 4.21. The zero-order valence-electron chi connectivity index (χ0n) is 13.1. The molecule has 0 amide bonds.